The summed E-state index contributed by atoms with van der Waals surface area (Å²) in [7, 11) is 0. The van der Waals surface area contributed by atoms with Gasteiger partial charge in [0.15, 0.2) is 0 Å². The maximum Gasteiger partial charge on any atom is 0.143 e. The van der Waals surface area contributed by atoms with E-state index in [1.807, 2.05) is 35.0 Å². The highest BCUT2D eigenvalue weighted by Gasteiger charge is 2.01. The predicted octanol–water partition coefficient (Wildman–Crippen LogP) is 2.48. The Morgan fingerprint density at radius 2 is 2.22 bits per heavy atom. The summed E-state index contributed by atoms with van der Waals surface area (Å²) in [4.78, 5) is 8.21. The first kappa shape index (κ1) is 10.7. The van der Waals surface area contributed by atoms with Crippen LogP contribution in [0.1, 0.15) is 5.69 Å². The molecule has 0 unspecified atom stereocenters. The molecule has 3 heterocycles. The molecular formula is C13H11FN4. The number of fused-ring (bicyclic) bond motifs is 1. The van der Waals surface area contributed by atoms with Gasteiger partial charge in [0.05, 0.1) is 30.3 Å². The molecule has 0 saturated heterocycles. The molecule has 0 fully saturated rings. The first-order valence-electron chi connectivity index (χ1n) is 5.58. The van der Waals surface area contributed by atoms with Gasteiger partial charge in [0.25, 0.3) is 0 Å². The van der Waals surface area contributed by atoms with Crippen LogP contribution in [0.2, 0.25) is 0 Å². The second-order valence-electron chi connectivity index (χ2n) is 3.94. The summed E-state index contributed by atoms with van der Waals surface area (Å²) >= 11 is 0. The smallest absolute Gasteiger partial charge is 0.143 e. The van der Waals surface area contributed by atoms with Gasteiger partial charge in [0.1, 0.15) is 11.5 Å². The highest BCUT2D eigenvalue weighted by molar-refractivity contribution is 5.43. The van der Waals surface area contributed by atoms with Gasteiger partial charge in [-0.05, 0) is 12.1 Å². The van der Waals surface area contributed by atoms with Gasteiger partial charge in [-0.1, -0.05) is 6.07 Å². The summed E-state index contributed by atoms with van der Waals surface area (Å²) in [6, 6.07) is 7.23. The van der Waals surface area contributed by atoms with Gasteiger partial charge in [-0.15, -0.1) is 0 Å². The lowest BCUT2D eigenvalue weighted by Crippen LogP contribution is -2.00. The van der Waals surface area contributed by atoms with Crippen LogP contribution in [0.15, 0.2) is 49.1 Å². The summed E-state index contributed by atoms with van der Waals surface area (Å²) in [5.74, 6) is -0.352. The molecule has 3 rings (SSSR count). The van der Waals surface area contributed by atoms with E-state index in [1.165, 1.54) is 12.3 Å². The van der Waals surface area contributed by atoms with Crippen LogP contribution in [-0.2, 0) is 6.54 Å². The topological polar surface area (TPSA) is 42.2 Å². The van der Waals surface area contributed by atoms with Crippen molar-refractivity contribution >= 4 is 11.3 Å². The third-order valence-corrected chi connectivity index (χ3v) is 2.59. The van der Waals surface area contributed by atoms with E-state index in [0.717, 1.165) is 11.3 Å². The number of rotatable bonds is 3. The highest BCUT2D eigenvalue weighted by Crippen LogP contribution is 2.10. The van der Waals surface area contributed by atoms with Crippen molar-refractivity contribution in [2.75, 3.05) is 5.32 Å². The third-order valence-electron chi connectivity index (χ3n) is 2.59. The Hall–Kier alpha value is -2.43. The van der Waals surface area contributed by atoms with Crippen molar-refractivity contribution in [3.05, 3.63) is 60.6 Å². The van der Waals surface area contributed by atoms with E-state index in [9.17, 15) is 4.39 Å². The molecule has 0 aliphatic heterocycles. The Bertz CT molecular complexity index is 644. The molecule has 3 aromatic heterocycles. The van der Waals surface area contributed by atoms with Gasteiger partial charge in [-0.2, -0.15) is 0 Å². The van der Waals surface area contributed by atoms with Crippen LogP contribution in [0.4, 0.5) is 10.1 Å². The zero-order valence-electron chi connectivity index (χ0n) is 9.55. The number of nitrogens with zero attached hydrogens (tertiary/aromatic N) is 3. The van der Waals surface area contributed by atoms with Crippen molar-refractivity contribution in [1.29, 1.82) is 0 Å². The number of hydrogen-bond acceptors (Lipinski definition) is 3. The van der Waals surface area contributed by atoms with E-state index in [1.54, 1.807) is 6.20 Å². The monoisotopic (exact) mass is 242 g/mol. The first-order chi connectivity index (χ1) is 8.81. The Labute approximate surface area is 103 Å². The lowest BCUT2D eigenvalue weighted by molar-refractivity contribution is 0.622. The Balaban J connectivity index is 1.76. The molecule has 0 aliphatic rings. The van der Waals surface area contributed by atoms with E-state index in [4.69, 9.17) is 0 Å². The van der Waals surface area contributed by atoms with Crippen molar-refractivity contribution in [3.63, 3.8) is 0 Å². The normalized spacial score (nSPS) is 10.7. The molecule has 0 aliphatic carbocycles. The van der Waals surface area contributed by atoms with Gasteiger partial charge in [0, 0.05) is 18.5 Å². The first-order valence-corrected chi connectivity index (χ1v) is 5.58. The summed E-state index contributed by atoms with van der Waals surface area (Å²) in [6.07, 6.45) is 6.64. The zero-order chi connectivity index (χ0) is 12.4. The molecule has 5 heteroatoms. The fourth-order valence-corrected chi connectivity index (χ4v) is 1.77. The van der Waals surface area contributed by atoms with E-state index < -0.39 is 0 Å². The Morgan fingerprint density at radius 3 is 3.06 bits per heavy atom. The predicted molar refractivity (Wildman–Crippen MR) is 66.7 cm³/mol. The largest absolute Gasteiger partial charge is 0.378 e. The minimum absolute atomic E-state index is 0.352. The number of pyridine rings is 2. The van der Waals surface area contributed by atoms with Crippen LogP contribution in [0, 0.1) is 5.82 Å². The molecule has 1 N–H and O–H groups in total. The van der Waals surface area contributed by atoms with Crippen LogP contribution in [-0.4, -0.2) is 14.4 Å². The van der Waals surface area contributed by atoms with Crippen LogP contribution in [0.25, 0.3) is 5.65 Å². The molecule has 0 spiro atoms. The lowest BCUT2D eigenvalue weighted by atomic mass is 10.4. The fraction of sp³-hybridized carbons (Fsp3) is 0.0769. The van der Waals surface area contributed by atoms with Crippen molar-refractivity contribution in [1.82, 2.24) is 14.4 Å². The Kier molecular flexibility index (Phi) is 2.64. The second kappa shape index (κ2) is 4.44. The quantitative estimate of drug-likeness (QED) is 0.767. The van der Waals surface area contributed by atoms with Gasteiger partial charge in [0.2, 0.25) is 0 Å². The van der Waals surface area contributed by atoms with Gasteiger partial charge in [-0.3, -0.25) is 4.98 Å². The van der Waals surface area contributed by atoms with Crippen LogP contribution >= 0.6 is 0 Å². The molecule has 0 bridgehead atoms. The molecular weight excluding hydrogens is 231 g/mol. The number of hydrogen-bond donors (Lipinski definition) is 1. The van der Waals surface area contributed by atoms with Crippen LogP contribution in [0.3, 0.4) is 0 Å². The molecule has 0 saturated carbocycles. The molecule has 3 aromatic rings. The van der Waals surface area contributed by atoms with Gasteiger partial charge in [-0.25, -0.2) is 9.37 Å². The van der Waals surface area contributed by atoms with Gasteiger partial charge >= 0.3 is 0 Å². The highest BCUT2D eigenvalue weighted by atomic mass is 19.1. The molecule has 4 nitrogen and oxygen atoms in total. The molecule has 90 valence electrons. The summed E-state index contributed by atoms with van der Waals surface area (Å²) in [5, 5.41) is 3.08. The number of aromatic nitrogens is 3. The van der Waals surface area contributed by atoms with Crippen LogP contribution in [0.5, 0.6) is 0 Å². The molecule has 0 amide bonds. The van der Waals surface area contributed by atoms with E-state index >= 15 is 0 Å². The number of imidazole rings is 1. The molecule has 0 atom stereocenters. The number of nitrogens with one attached hydrogen (secondary N) is 1. The van der Waals surface area contributed by atoms with Crippen molar-refractivity contribution in [3.8, 4) is 0 Å². The second-order valence-corrected chi connectivity index (χ2v) is 3.94. The standard InChI is InChI=1S/C13H11FN4/c14-10-5-11(7-15-6-10)16-8-12-9-18-4-2-1-3-13(18)17-12/h1-7,9,16H,8H2. The Morgan fingerprint density at radius 1 is 1.28 bits per heavy atom. The average molecular weight is 242 g/mol. The molecule has 0 radical (unpaired) electrons. The summed E-state index contributed by atoms with van der Waals surface area (Å²) in [5.41, 5.74) is 2.43. The molecule has 18 heavy (non-hydrogen) atoms. The van der Waals surface area contributed by atoms with Gasteiger partial charge < -0.3 is 9.72 Å². The SMILES string of the molecule is Fc1cncc(NCc2cn3ccccc3n2)c1. The zero-order valence-corrected chi connectivity index (χ0v) is 9.55. The molecule has 0 aromatic carbocycles. The minimum Gasteiger partial charge on any atom is -0.378 e. The summed E-state index contributed by atoms with van der Waals surface area (Å²) < 4.78 is 14.9. The van der Waals surface area contributed by atoms with E-state index in [2.05, 4.69) is 15.3 Å². The van der Waals surface area contributed by atoms with Crippen LogP contribution < -0.4 is 5.32 Å². The maximum absolute atomic E-state index is 12.9. The number of anilines is 1. The third kappa shape index (κ3) is 2.15. The van der Waals surface area contributed by atoms with Crippen molar-refractivity contribution < 1.29 is 4.39 Å². The average Bonchev–Trinajstić information content (AvgIpc) is 2.79. The minimum atomic E-state index is -0.352. The van der Waals surface area contributed by atoms with Crippen molar-refractivity contribution in [2.24, 2.45) is 0 Å². The summed E-state index contributed by atoms with van der Waals surface area (Å²) in [6.45, 7) is 0.535. The fourth-order valence-electron chi connectivity index (χ4n) is 1.77. The van der Waals surface area contributed by atoms with E-state index in [0.29, 0.717) is 12.2 Å². The van der Waals surface area contributed by atoms with Crippen molar-refractivity contribution in [2.45, 2.75) is 6.54 Å². The van der Waals surface area contributed by atoms with E-state index in [-0.39, 0.29) is 5.82 Å². The lowest BCUT2D eigenvalue weighted by Gasteiger charge is -2.02. The maximum atomic E-state index is 12.9. The number of halogens is 1.